The van der Waals surface area contributed by atoms with Crippen molar-refractivity contribution in [3.05, 3.63) is 48.6 Å². The number of carbonyl (C=O) groups is 3. The first-order valence-corrected chi connectivity index (χ1v) is 24.1. The third-order valence-electron chi connectivity index (χ3n) is 10.3. The molecule has 0 aromatic rings. The zero-order valence-electron chi connectivity index (χ0n) is 37.6. The van der Waals surface area contributed by atoms with Crippen molar-refractivity contribution < 1.29 is 28.6 Å². The zero-order chi connectivity index (χ0) is 41.5. The molecule has 0 aromatic heterocycles. The van der Waals surface area contributed by atoms with Crippen LogP contribution in [0.3, 0.4) is 0 Å². The van der Waals surface area contributed by atoms with E-state index in [0.717, 1.165) is 96.3 Å². The summed E-state index contributed by atoms with van der Waals surface area (Å²) in [7, 11) is 0. The summed E-state index contributed by atoms with van der Waals surface area (Å²) in [5.41, 5.74) is 0. The van der Waals surface area contributed by atoms with E-state index in [1.54, 1.807) is 0 Å². The van der Waals surface area contributed by atoms with Crippen LogP contribution in [0.5, 0.6) is 0 Å². The summed E-state index contributed by atoms with van der Waals surface area (Å²) in [6, 6.07) is 0. The van der Waals surface area contributed by atoms with E-state index in [1.807, 2.05) is 0 Å². The summed E-state index contributed by atoms with van der Waals surface area (Å²) in [4.78, 5) is 37.6. The van der Waals surface area contributed by atoms with Gasteiger partial charge in [-0.1, -0.05) is 191 Å². The van der Waals surface area contributed by atoms with Gasteiger partial charge in [-0.3, -0.25) is 14.4 Å². The Balaban J connectivity index is 4.26. The van der Waals surface area contributed by atoms with E-state index < -0.39 is 6.10 Å². The lowest BCUT2D eigenvalue weighted by Gasteiger charge is -2.18. The first-order valence-electron chi connectivity index (χ1n) is 24.1. The second-order valence-electron chi connectivity index (χ2n) is 16.0. The lowest BCUT2D eigenvalue weighted by atomic mass is 10.1. The summed E-state index contributed by atoms with van der Waals surface area (Å²) in [6.45, 7) is 6.45. The number of hydrogen-bond donors (Lipinski definition) is 0. The van der Waals surface area contributed by atoms with Crippen LogP contribution >= 0.6 is 0 Å². The molecule has 0 rings (SSSR count). The van der Waals surface area contributed by atoms with Gasteiger partial charge in [0.15, 0.2) is 6.10 Å². The molecule has 6 heteroatoms. The molecular weight excluding hydrogens is 709 g/mol. The fourth-order valence-electron chi connectivity index (χ4n) is 6.69. The van der Waals surface area contributed by atoms with Gasteiger partial charge in [0.2, 0.25) is 0 Å². The molecule has 0 spiro atoms. The monoisotopic (exact) mass is 799 g/mol. The van der Waals surface area contributed by atoms with Gasteiger partial charge in [-0.15, -0.1) is 0 Å². The predicted molar refractivity (Wildman–Crippen MR) is 242 cm³/mol. The summed E-state index contributed by atoms with van der Waals surface area (Å²) < 4.78 is 16.7. The van der Waals surface area contributed by atoms with Crippen molar-refractivity contribution in [1.29, 1.82) is 0 Å². The van der Waals surface area contributed by atoms with E-state index in [9.17, 15) is 14.4 Å². The predicted octanol–water partition coefficient (Wildman–Crippen LogP) is 15.5. The Morgan fingerprint density at radius 3 is 1.09 bits per heavy atom. The maximum Gasteiger partial charge on any atom is 0.306 e. The van der Waals surface area contributed by atoms with E-state index in [4.69, 9.17) is 14.2 Å². The maximum atomic E-state index is 12.7. The lowest BCUT2D eigenvalue weighted by molar-refractivity contribution is -0.167. The Morgan fingerprint density at radius 2 is 0.684 bits per heavy atom. The summed E-state index contributed by atoms with van der Waals surface area (Å²) >= 11 is 0. The Hall–Kier alpha value is -2.63. The number of carbonyl (C=O) groups excluding carboxylic acids is 3. The van der Waals surface area contributed by atoms with Gasteiger partial charge in [0, 0.05) is 19.3 Å². The molecule has 1 unspecified atom stereocenters. The van der Waals surface area contributed by atoms with Crippen LogP contribution in [0.15, 0.2) is 48.6 Å². The third-order valence-corrected chi connectivity index (χ3v) is 10.3. The van der Waals surface area contributed by atoms with Crippen molar-refractivity contribution in [3.8, 4) is 0 Å². The molecule has 0 heterocycles. The van der Waals surface area contributed by atoms with Crippen molar-refractivity contribution in [3.63, 3.8) is 0 Å². The minimum atomic E-state index is -0.776. The van der Waals surface area contributed by atoms with E-state index in [2.05, 4.69) is 69.4 Å². The topological polar surface area (TPSA) is 78.9 Å². The number of hydrogen-bond acceptors (Lipinski definition) is 6. The SMILES string of the molecule is CC/C=C\C/C=C\C/C=C\CCCCCCCCCC(=O)OCC(COC(=O)CCCCCCCC)OC(=O)CCCCCCC/C=C\CCCCCCCCC. The van der Waals surface area contributed by atoms with Crippen LogP contribution in [0, 0.1) is 0 Å². The number of rotatable bonds is 43. The smallest absolute Gasteiger partial charge is 0.306 e. The Morgan fingerprint density at radius 1 is 0.368 bits per heavy atom. The van der Waals surface area contributed by atoms with Gasteiger partial charge in [0.05, 0.1) is 0 Å². The molecule has 0 saturated carbocycles. The molecule has 0 aromatic carbocycles. The number of unbranched alkanes of at least 4 members (excludes halogenated alkanes) is 24. The van der Waals surface area contributed by atoms with Crippen LogP contribution in [0.4, 0.5) is 0 Å². The third kappa shape index (κ3) is 44.3. The van der Waals surface area contributed by atoms with Gasteiger partial charge < -0.3 is 14.2 Å². The van der Waals surface area contributed by atoms with Crippen LogP contribution in [0.2, 0.25) is 0 Å². The average molecular weight is 799 g/mol. The Bertz CT molecular complexity index is 1010. The molecule has 6 nitrogen and oxygen atoms in total. The maximum absolute atomic E-state index is 12.7. The van der Waals surface area contributed by atoms with Gasteiger partial charge in [-0.2, -0.15) is 0 Å². The van der Waals surface area contributed by atoms with Gasteiger partial charge in [-0.25, -0.2) is 0 Å². The van der Waals surface area contributed by atoms with Crippen LogP contribution in [-0.2, 0) is 28.6 Å². The van der Waals surface area contributed by atoms with E-state index in [-0.39, 0.29) is 31.1 Å². The van der Waals surface area contributed by atoms with Crippen LogP contribution in [0.1, 0.15) is 239 Å². The zero-order valence-corrected chi connectivity index (χ0v) is 37.6. The molecule has 0 fully saturated rings. The fourth-order valence-corrected chi connectivity index (χ4v) is 6.69. The Kier molecular flexibility index (Phi) is 43.9. The average Bonchev–Trinajstić information content (AvgIpc) is 3.21. The van der Waals surface area contributed by atoms with Gasteiger partial charge in [-0.05, 0) is 77.0 Å². The highest BCUT2D eigenvalue weighted by atomic mass is 16.6. The molecule has 0 saturated heterocycles. The molecule has 0 radical (unpaired) electrons. The van der Waals surface area contributed by atoms with E-state index in [1.165, 1.54) is 103 Å². The number of allylic oxidation sites excluding steroid dienone is 8. The number of esters is 3. The standard InChI is InChI=1S/C51H90O6/c1-4-7-10-13-16-18-20-22-24-26-28-29-31-33-35-38-41-44-50(53)56-47-48(46-55-49(52)43-40-37-15-12-9-6-3)57-51(54)45-42-39-36-34-32-30-27-25-23-21-19-17-14-11-8-5-2/h7,10,16,18,22,24-25,27,48H,4-6,8-9,11-15,17,19-21,23,26,28-47H2,1-3H3/b10-7-,18-16-,24-22-,27-25-. The molecule has 57 heavy (non-hydrogen) atoms. The summed E-state index contributed by atoms with van der Waals surface area (Å²) in [6.07, 6.45) is 54.0. The first kappa shape index (κ1) is 54.4. The van der Waals surface area contributed by atoms with Crippen molar-refractivity contribution in [2.24, 2.45) is 0 Å². The van der Waals surface area contributed by atoms with Gasteiger partial charge >= 0.3 is 17.9 Å². The second-order valence-corrected chi connectivity index (χ2v) is 16.0. The quantitative estimate of drug-likeness (QED) is 0.0265. The molecule has 0 amide bonds. The highest BCUT2D eigenvalue weighted by molar-refractivity contribution is 5.71. The fraction of sp³-hybridized carbons (Fsp3) is 0.784. The van der Waals surface area contributed by atoms with Crippen LogP contribution in [0.25, 0.3) is 0 Å². The van der Waals surface area contributed by atoms with Crippen LogP contribution in [-0.4, -0.2) is 37.2 Å². The van der Waals surface area contributed by atoms with Gasteiger partial charge in [0.25, 0.3) is 0 Å². The minimum absolute atomic E-state index is 0.0794. The first-order chi connectivity index (χ1) is 28.0. The van der Waals surface area contributed by atoms with Crippen molar-refractivity contribution >= 4 is 17.9 Å². The molecule has 0 aliphatic heterocycles. The second kappa shape index (κ2) is 46.1. The lowest BCUT2D eigenvalue weighted by Crippen LogP contribution is -2.30. The van der Waals surface area contributed by atoms with Crippen molar-refractivity contribution in [1.82, 2.24) is 0 Å². The summed E-state index contributed by atoms with van der Waals surface area (Å²) in [5, 5.41) is 0. The van der Waals surface area contributed by atoms with Crippen molar-refractivity contribution in [2.45, 2.75) is 245 Å². The van der Waals surface area contributed by atoms with Crippen LogP contribution < -0.4 is 0 Å². The van der Waals surface area contributed by atoms with Gasteiger partial charge in [0.1, 0.15) is 13.2 Å². The molecule has 330 valence electrons. The molecule has 0 bridgehead atoms. The van der Waals surface area contributed by atoms with Crippen molar-refractivity contribution in [2.75, 3.05) is 13.2 Å². The molecule has 1 atom stereocenters. The highest BCUT2D eigenvalue weighted by Crippen LogP contribution is 2.14. The van der Waals surface area contributed by atoms with E-state index in [0.29, 0.717) is 19.3 Å². The van der Waals surface area contributed by atoms with E-state index >= 15 is 0 Å². The Labute approximate surface area is 352 Å². The number of ether oxygens (including phenoxy) is 3. The summed E-state index contributed by atoms with van der Waals surface area (Å²) in [5.74, 6) is -0.905. The normalized spacial score (nSPS) is 12.4. The molecule has 0 aliphatic rings. The largest absolute Gasteiger partial charge is 0.462 e. The molecule has 0 aliphatic carbocycles. The molecule has 0 N–H and O–H groups in total. The molecular formula is C51H90O6. The highest BCUT2D eigenvalue weighted by Gasteiger charge is 2.19. The minimum Gasteiger partial charge on any atom is -0.462 e.